The molecule has 0 unspecified atom stereocenters. The molecule has 1 aliphatic rings. The van der Waals surface area contributed by atoms with Gasteiger partial charge in [-0.15, -0.1) is 0 Å². The SMILES string of the molecule is COC(=O)c1cc(O)c(=O)c2c(O)c(O)c(O[C@@H]3O[C@H](CO)[C@H](O)[C@H](O)[C@H]3O)cc2c1. The van der Waals surface area contributed by atoms with Crippen LogP contribution in [-0.4, -0.2) is 86.1 Å². The van der Waals surface area contributed by atoms with Gasteiger partial charge in [0.2, 0.25) is 17.5 Å². The maximum absolute atomic E-state index is 12.4. The van der Waals surface area contributed by atoms with Gasteiger partial charge in [-0.25, -0.2) is 4.79 Å². The Labute approximate surface area is 173 Å². The van der Waals surface area contributed by atoms with Crippen LogP contribution in [0.15, 0.2) is 23.0 Å². The highest BCUT2D eigenvalue weighted by atomic mass is 16.7. The molecule has 3 rings (SSSR count). The fourth-order valence-corrected chi connectivity index (χ4v) is 3.17. The van der Waals surface area contributed by atoms with Crippen molar-refractivity contribution in [2.24, 2.45) is 0 Å². The maximum Gasteiger partial charge on any atom is 0.338 e. The summed E-state index contributed by atoms with van der Waals surface area (Å²) in [6.07, 6.45) is -8.22. The van der Waals surface area contributed by atoms with Gasteiger partial charge in [-0.05, 0) is 23.6 Å². The van der Waals surface area contributed by atoms with Crippen molar-refractivity contribution in [1.29, 1.82) is 0 Å². The minimum absolute atomic E-state index is 0.152. The largest absolute Gasteiger partial charge is 0.504 e. The van der Waals surface area contributed by atoms with Crippen LogP contribution < -0.4 is 10.2 Å². The average Bonchev–Trinajstić information content (AvgIpc) is 2.87. The molecule has 2 aromatic rings. The predicted octanol–water partition coefficient (Wildman–Crippen LogP) is -1.72. The van der Waals surface area contributed by atoms with Crippen LogP contribution >= 0.6 is 0 Å². The quantitative estimate of drug-likeness (QED) is 0.210. The summed E-state index contributed by atoms with van der Waals surface area (Å²) in [4.78, 5) is 24.3. The molecule has 0 radical (unpaired) electrons. The van der Waals surface area contributed by atoms with E-state index in [-0.39, 0.29) is 10.9 Å². The van der Waals surface area contributed by atoms with Crippen molar-refractivity contribution in [1.82, 2.24) is 0 Å². The van der Waals surface area contributed by atoms with Gasteiger partial charge in [0.25, 0.3) is 0 Å². The molecule has 0 spiro atoms. The first kappa shape index (κ1) is 22.5. The van der Waals surface area contributed by atoms with Crippen LogP contribution in [0.5, 0.6) is 23.0 Å². The van der Waals surface area contributed by atoms with Crippen molar-refractivity contribution in [2.45, 2.75) is 30.7 Å². The number of phenolic OH excluding ortho intramolecular Hbond substituents is 2. The van der Waals surface area contributed by atoms with Crippen molar-refractivity contribution >= 4 is 16.7 Å². The minimum atomic E-state index is -1.81. The van der Waals surface area contributed by atoms with Gasteiger partial charge in [0.15, 0.2) is 17.2 Å². The lowest BCUT2D eigenvalue weighted by Gasteiger charge is -2.39. The van der Waals surface area contributed by atoms with Gasteiger partial charge in [0, 0.05) is 0 Å². The normalized spacial score (nSPS) is 25.9. The molecule has 7 N–H and O–H groups in total. The van der Waals surface area contributed by atoms with E-state index >= 15 is 0 Å². The molecule has 0 bridgehead atoms. The molecule has 0 aromatic heterocycles. The number of hydrogen-bond acceptors (Lipinski definition) is 12. The van der Waals surface area contributed by atoms with Gasteiger partial charge in [-0.1, -0.05) is 0 Å². The Morgan fingerprint density at radius 1 is 1.03 bits per heavy atom. The number of phenols is 2. The number of esters is 1. The number of benzene rings is 1. The molecule has 5 atom stereocenters. The number of hydrogen-bond donors (Lipinski definition) is 7. The van der Waals surface area contributed by atoms with E-state index in [0.717, 1.165) is 25.3 Å². The second-order valence-corrected chi connectivity index (χ2v) is 6.80. The molecule has 31 heavy (non-hydrogen) atoms. The zero-order valence-corrected chi connectivity index (χ0v) is 16.0. The topological polar surface area (TPSA) is 203 Å². The van der Waals surface area contributed by atoms with E-state index in [0.29, 0.717) is 0 Å². The lowest BCUT2D eigenvalue weighted by molar-refractivity contribution is -0.277. The zero-order chi connectivity index (χ0) is 23.0. The number of ether oxygens (including phenoxy) is 3. The number of aliphatic hydroxyl groups is 4. The average molecular weight is 440 g/mol. The number of carbonyl (C=O) groups excluding carboxylic acids is 1. The fourth-order valence-electron chi connectivity index (χ4n) is 3.17. The highest BCUT2D eigenvalue weighted by Crippen LogP contribution is 2.42. The van der Waals surface area contributed by atoms with E-state index in [1.807, 2.05) is 0 Å². The Morgan fingerprint density at radius 2 is 1.71 bits per heavy atom. The van der Waals surface area contributed by atoms with Crippen molar-refractivity contribution < 1.29 is 54.8 Å². The van der Waals surface area contributed by atoms with Crippen molar-refractivity contribution in [3.8, 4) is 23.0 Å². The minimum Gasteiger partial charge on any atom is -0.504 e. The maximum atomic E-state index is 12.4. The summed E-state index contributed by atoms with van der Waals surface area (Å²) in [7, 11) is 1.07. The molecule has 0 saturated carbocycles. The molecule has 1 saturated heterocycles. The van der Waals surface area contributed by atoms with Crippen LogP contribution in [-0.2, 0) is 9.47 Å². The number of aromatic hydroxyl groups is 3. The molecule has 0 amide bonds. The third-order valence-electron chi connectivity index (χ3n) is 4.85. The van der Waals surface area contributed by atoms with E-state index in [1.165, 1.54) is 0 Å². The second-order valence-electron chi connectivity index (χ2n) is 6.80. The first-order valence-corrected chi connectivity index (χ1v) is 8.92. The summed E-state index contributed by atoms with van der Waals surface area (Å²) < 4.78 is 15.1. The third kappa shape index (κ3) is 3.94. The van der Waals surface area contributed by atoms with Crippen molar-refractivity contribution in [3.05, 3.63) is 34.0 Å². The van der Waals surface area contributed by atoms with Gasteiger partial charge < -0.3 is 50.0 Å². The van der Waals surface area contributed by atoms with E-state index in [1.54, 1.807) is 0 Å². The van der Waals surface area contributed by atoms with Crippen molar-refractivity contribution in [2.75, 3.05) is 13.7 Å². The summed E-state index contributed by atoms with van der Waals surface area (Å²) in [6.45, 7) is -0.725. The number of aliphatic hydroxyl groups excluding tert-OH is 4. The second kappa shape index (κ2) is 8.53. The summed E-state index contributed by atoms with van der Waals surface area (Å²) in [5.74, 6) is -4.30. The summed E-state index contributed by atoms with van der Waals surface area (Å²) in [5, 5.41) is 68.9. The van der Waals surface area contributed by atoms with Gasteiger partial charge in [-0.3, -0.25) is 4.79 Å². The summed E-state index contributed by atoms with van der Waals surface area (Å²) in [5.41, 5.74) is -1.35. The van der Waals surface area contributed by atoms with Gasteiger partial charge in [0.05, 0.1) is 24.7 Å². The molecular weight excluding hydrogens is 420 g/mol. The molecule has 12 nitrogen and oxygen atoms in total. The van der Waals surface area contributed by atoms with Gasteiger partial charge >= 0.3 is 5.97 Å². The lowest BCUT2D eigenvalue weighted by Crippen LogP contribution is -2.60. The Hall–Kier alpha value is -3.16. The van der Waals surface area contributed by atoms with Crippen LogP contribution in [0.4, 0.5) is 0 Å². The number of carbonyl (C=O) groups is 1. The van der Waals surface area contributed by atoms with Crippen LogP contribution in [0.2, 0.25) is 0 Å². The van der Waals surface area contributed by atoms with E-state index in [2.05, 4.69) is 4.74 Å². The Balaban J connectivity index is 2.14. The van der Waals surface area contributed by atoms with Crippen LogP contribution in [0.1, 0.15) is 10.4 Å². The van der Waals surface area contributed by atoms with Crippen LogP contribution in [0.3, 0.4) is 0 Å². The first-order valence-electron chi connectivity index (χ1n) is 8.92. The van der Waals surface area contributed by atoms with Crippen LogP contribution in [0.25, 0.3) is 10.8 Å². The number of rotatable bonds is 4. The highest BCUT2D eigenvalue weighted by Gasteiger charge is 2.45. The molecule has 2 aromatic carbocycles. The fraction of sp³-hybridized carbons (Fsp3) is 0.368. The Kier molecular flexibility index (Phi) is 6.20. The predicted molar refractivity (Wildman–Crippen MR) is 101 cm³/mol. The number of methoxy groups -OCH3 is 1. The van der Waals surface area contributed by atoms with Gasteiger partial charge in [0.1, 0.15) is 24.4 Å². The van der Waals surface area contributed by atoms with E-state index < -0.39 is 77.1 Å². The van der Waals surface area contributed by atoms with E-state index in [4.69, 9.17) is 9.47 Å². The molecule has 1 fully saturated rings. The Bertz CT molecular complexity index is 1070. The van der Waals surface area contributed by atoms with Gasteiger partial charge in [-0.2, -0.15) is 0 Å². The molecule has 1 heterocycles. The van der Waals surface area contributed by atoms with E-state index in [9.17, 15) is 45.3 Å². The highest BCUT2D eigenvalue weighted by molar-refractivity contribution is 5.98. The first-order chi connectivity index (χ1) is 14.6. The zero-order valence-electron chi connectivity index (χ0n) is 16.0. The summed E-state index contributed by atoms with van der Waals surface area (Å²) >= 11 is 0. The monoisotopic (exact) mass is 440 g/mol. The van der Waals surface area contributed by atoms with Crippen molar-refractivity contribution in [3.63, 3.8) is 0 Å². The number of fused-ring (bicyclic) bond motifs is 1. The lowest BCUT2D eigenvalue weighted by atomic mass is 9.99. The Morgan fingerprint density at radius 3 is 2.32 bits per heavy atom. The third-order valence-corrected chi connectivity index (χ3v) is 4.85. The standard InChI is InChI=1S/C19H20O12/c1-29-18(28)7-2-6-4-9(13(23)15(25)11(6)12(22)8(21)3-7)30-19-17(27)16(26)14(24)10(5-20)31-19/h2-4,10,14,16-17,19-20,23-27H,5H2,1H3,(H,21,22)/t10-,14+,16+,17-,19-/m1/s1. The summed E-state index contributed by atoms with van der Waals surface area (Å²) in [6, 6.07) is 2.92. The molecule has 0 aliphatic carbocycles. The van der Waals surface area contributed by atoms with Crippen LogP contribution in [0, 0.1) is 0 Å². The molecule has 12 heteroatoms. The molecular formula is C19H20O12. The molecule has 168 valence electrons. The smallest absolute Gasteiger partial charge is 0.338 e. The molecule has 1 aliphatic heterocycles.